The number of likely N-dealkylation sites (tertiary alicyclic amines) is 1. The predicted molar refractivity (Wildman–Crippen MR) is 77.3 cm³/mol. The number of benzene rings is 1. The Hall–Kier alpha value is -1.84. The van der Waals surface area contributed by atoms with Gasteiger partial charge >= 0.3 is 0 Å². The molecule has 1 aromatic carbocycles. The number of amides is 2. The normalized spacial score (nSPS) is 24.6. The molecule has 2 atom stereocenters. The highest BCUT2D eigenvalue weighted by molar-refractivity contribution is 6.00. The first-order valence-electron chi connectivity index (χ1n) is 7.30. The molecule has 0 aromatic heterocycles. The molecule has 2 aliphatic rings. The van der Waals surface area contributed by atoms with Gasteiger partial charge in [-0.2, -0.15) is 0 Å². The van der Waals surface area contributed by atoms with Crippen molar-refractivity contribution in [2.45, 2.75) is 19.3 Å². The van der Waals surface area contributed by atoms with Crippen molar-refractivity contribution in [1.82, 2.24) is 4.90 Å². The van der Waals surface area contributed by atoms with Crippen LogP contribution in [0.5, 0.6) is 0 Å². The van der Waals surface area contributed by atoms with E-state index in [0.29, 0.717) is 6.42 Å². The van der Waals surface area contributed by atoms with Crippen molar-refractivity contribution in [3.63, 3.8) is 0 Å². The summed E-state index contributed by atoms with van der Waals surface area (Å²) in [7, 11) is 1.79. The Balaban J connectivity index is 1.61. The van der Waals surface area contributed by atoms with E-state index in [2.05, 4.69) is 0 Å². The molecular formula is C16H20N2O2. The predicted octanol–water partition coefficient (Wildman–Crippen LogP) is 1.91. The molecule has 1 heterocycles. The molecule has 1 saturated carbocycles. The van der Waals surface area contributed by atoms with Gasteiger partial charge < -0.3 is 9.80 Å². The summed E-state index contributed by atoms with van der Waals surface area (Å²) in [5.41, 5.74) is 0.886. The summed E-state index contributed by atoms with van der Waals surface area (Å²) in [5, 5.41) is 0. The van der Waals surface area contributed by atoms with Crippen LogP contribution in [-0.2, 0) is 9.59 Å². The van der Waals surface area contributed by atoms with E-state index in [-0.39, 0.29) is 23.7 Å². The number of rotatable bonds is 3. The Morgan fingerprint density at radius 2 is 1.75 bits per heavy atom. The third kappa shape index (κ3) is 2.42. The molecule has 2 amide bonds. The van der Waals surface area contributed by atoms with Crippen LogP contribution < -0.4 is 4.90 Å². The maximum absolute atomic E-state index is 12.4. The fourth-order valence-corrected chi connectivity index (χ4v) is 2.94. The van der Waals surface area contributed by atoms with Crippen LogP contribution in [0.3, 0.4) is 0 Å². The van der Waals surface area contributed by atoms with Gasteiger partial charge in [-0.1, -0.05) is 18.2 Å². The third-order valence-electron chi connectivity index (χ3n) is 4.32. The first-order chi connectivity index (χ1) is 9.68. The van der Waals surface area contributed by atoms with Crippen molar-refractivity contribution < 1.29 is 9.59 Å². The van der Waals surface area contributed by atoms with E-state index in [1.54, 1.807) is 11.9 Å². The zero-order valence-corrected chi connectivity index (χ0v) is 11.8. The summed E-state index contributed by atoms with van der Waals surface area (Å²) in [6, 6.07) is 9.59. The number of anilines is 1. The molecule has 1 aromatic rings. The summed E-state index contributed by atoms with van der Waals surface area (Å²) in [6.45, 7) is 1.73. The average Bonchev–Trinajstić information content (AvgIpc) is 3.10. The lowest BCUT2D eigenvalue weighted by molar-refractivity contribution is -0.133. The van der Waals surface area contributed by atoms with Crippen LogP contribution in [0.25, 0.3) is 0 Å². The van der Waals surface area contributed by atoms with E-state index in [4.69, 9.17) is 0 Å². The summed E-state index contributed by atoms with van der Waals surface area (Å²) < 4.78 is 0. The van der Waals surface area contributed by atoms with Crippen LogP contribution in [0.1, 0.15) is 19.3 Å². The molecule has 20 heavy (non-hydrogen) atoms. The highest BCUT2D eigenvalue weighted by atomic mass is 16.2. The second kappa shape index (κ2) is 5.27. The first-order valence-corrected chi connectivity index (χ1v) is 7.30. The second-order valence-corrected chi connectivity index (χ2v) is 5.71. The Kier molecular flexibility index (Phi) is 3.47. The van der Waals surface area contributed by atoms with Gasteiger partial charge in [-0.25, -0.2) is 0 Å². The number of hydrogen-bond donors (Lipinski definition) is 0. The molecule has 0 bridgehead atoms. The van der Waals surface area contributed by atoms with Gasteiger partial charge in [-0.15, -0.1) is 0 Å². The minimum atomic E-state index is -0.117. The minimum absolute atomic E-state index is 0.0637. The van der Waals surface area contributed by atoms with Gasteiger partial charge in [0.1, 0.15) is 0 Å². The van der Waals surface area contributed by atoms with Crippen LogP contribution in [0.2, 0.25) is 0 Å². The van der Waals surface area contributed by atoms with E-state index in [1.807, 2.05) is 35.2 Å². The topological polar surface area (TPSA) is 40.6 Å². The Morgan fingerprint density at radius 3 is 2.40 bits per heavy atom. The van der Waals surface area contributed by atoms with Crippen LogP contribution in [0.4, 0.5) is 5.69 Å². The number of nitrogens with zero attached hydrogens (tertiary/aromatic N) is 2. The summed E-state index contributed by atoms with van der Waals surface area (Å²) in [4.78, 5) is 28.2. The number of carbonyl (C=O) groups excluding carboxylic acids is 2. The lowest BCUT2D eigenvalue weighted by atomic mass is 10.2. The number of para-hydroxylation sites is 1. The third-order valence-corrected chi connectivity index (χ3v) is 4.32. The van der Waals surface area contributed by atoms with Crippen molar-refractivity contribution in [3.05, 3.63) is 30.3 Å². The minimum Gasteiger partial charge on any atom is -0.342 e. The Morgan fingerprint density at radius 1 is 1.10 bits per heavy atom. The second-order valence-electron chi connectivity index (χ2n) is 5.71. The highest BCUT2D eigenvalue weighted by Crippen LogP contribution is 2.42. The molecule has 4 heteroatoms. The van der Waals surface area contributed by atoms with Gasteiger partial charge in [0.05, 0.1) is 11.8 Å². The average molecular weight is 272 g/mol. The lowest BCUT2D eigenvalue weighted by Crippen LogP contribution is -2.33. The molecule has 1 aliphatic heterocycles. The van der Waals surface area contributed by atoms with E-state index in [9.17, 15) is 9.59 Å². The van der Waals surface area contributed by atoms with Crippen LogP contribution in [0, 0.1) is 11.8 Å². The zero-order valence-electron chi connectivity index (χ0n) is 11.8. The quantitative estimate of drug-likeness (QED) is 0.843. The van der Waals surface area contributed by atoms with Crippen molar-refractivity contribution in [3.8, 4) is 0 Å². The molecule has 106 valence electrons. The molecule has 2 unspecified atom stereocenters. The van der Waals surface area contributed by atoms with E-state index in [1.165, 1.54) is 0 Å². The molecule has 1 aliphatic carbocycles. The molecule has 2 fully saturated rings. The van der Waals surface area contributed by atoms with Gasteiger partial charge in [-0.3, -0.25) is 9.59 Å². The van der Waals surface area contributed by atoms with Crippen molar-refractivity contribution in [2.24, 2.45) is 11.8 Å². The standard InChI is InChI=1S/C16H20N2O2/c1-17(12-7-3-2-4-8-12)15(19)13-11-14(13)16(20)18-9-5-6-10-18/h2-4,7-8,13-14H,5-6,9-11H2,1H3. The first kappa shape index (κ1) is 13.2. The summed E-state index contributed by atoms with van der Waals surface area (Å²) >= 11 is 0. The van der Waals surface area contributed by atoms with Crippen molar-refractivity contribution >= 4 is 17.5 Å². The monoisotopic (exact) mass is 272 g/mol. The van der Waals surface area contributed by atoms with Gasteiger partial charge in [0.15, 0.2) is 0 Å². The van der Waals surface area contributed by atoms with Crippen LogP contribution in [0.15, 0.2) is 30.3 Å². The molecular weight excluding hydrogens is 252 g/mol. The van der Waals surface area contributed by atoms with E-state index in [0.717, 1.165) is 31.6 Å². The number of carbonyl (C=O) groups is 2. The van der Waals surface area contributed by atoms with Crippen molar-refractivity contribution in [2.75, 3.05) is 25.0 Å². The van der Waals surface area contributed by atoms with Crippen molar-refractivity contribution in [1.29, 1.82) is 0 Å². The molecule has 3 rings (SSSR count). The van der Waals surface area contributed by atoms with Gasteiger partial charge in [0, 0.05) is 25.8 Å². The maximum atomic E-state index is 12.4. The summed E-state index contributed by atoms with van der Waals surface area (Å²) in [5.74, 6) is 0.0520. The lowest BCUT2D eigenvalue weighted by Gasteiger charge is -2.18. The molecule has 0 radical (unpaired) electrons. The largest absolute Gasteiger partial charge is 0.342 e. The Bertz CT molecular complexity index is 508. The Labute approximate surface area is 119 Å². The molecule has 4 nitrogen and oxygen atoms in total. The van der Waals surface area contributed by atoms with Gasteiger partial charge in [0.25, 0.3) is 0 Å². The SMILES string of the molecule is CN(C(=O)C1CC1C(=O)N1CCCC1)c1ccccc1. The molecule has 1 saturated heterocycles. The fraction of sp³-hybridized carbons (Fsp3) is 0.500. The number of hydrogen-bond acceptors (Lipinski definition) is 2. The van der Waals surface area contributed by atoms with E-state index < -0.39 is 0 Å². The fourth-order valence-electron chi connectivity index (χ4n) is 2.94. The summed E-state index contributed by atoms with van der Waals surface area (Å²) in [6.07, 6.45) is 2.91. The van der Waals surface area contributed by atoms with E-state index >= 15 is 0 Å². The van der Waals surface area contributed by atoms with Crippen LogP contribution in [-0.4, -0.2) is 36.9 Å². The van der Waals surface area contributed by atoms with Gasteiger partial charge in [-0.05, 0) is 31.4 Å². The molecule has 0 spiro atoms. The van der Waals surface area contributed by atoms with Gasteiger partial charge in [0.2, 0.25) is 11.8 Å². The van der Waals surface area contributed by atoms with Crippen LogP contribution >= 0.6 is 0 Å². The zero-order chi connectivity index (χ0) is 14.1. The smallest absolute Gasteiger partial charge is 0.230 e. The molecule has 0 N–H and O–H groups in total. The highest BCUT2D eigenvalue weighted by Gasteiger charge is 2.50. The maximum Gasteiger partial charge on any atom is 0.230 e.